The van der Waals surface area contributed by atoms with Gasteiger partial charge in [-0.2, -0.15) is 19.9 Å². The molecule has 0 aliphatic carbocycles. The molecule has 5 heterocycles. The van der Waals surface area contributed by atoms with Gasteiger partial charge in [0, 0.05) is 55.8 Å². The van der Waals surface area contributed by atoms with Crippen molar-refractivity contribution in [2.45, 2.75) is 0 Å². The van der Waals surface area contributed by atoms with Gasteiger partial charge in [-0.05, 0) is 136 Å². The van der Waals surface area contributed by atoms with Crippen molar-refractivity contribution in [3.8, 4) is 51.2 Å². The first kappa shape index (κ1) is 88.2. The van der Waals surface area contributed by atoms with Crippen LogP contribution in [-0.4, -0.2) is 73.5 Å². The van der Waals surface area contributed by atoms with Crippen molar-refractivity contribution in [1.29, 1.82) is 0 Å². The van der Waals surface area contributed by atoms with Crippen LogP contribution in [0.25, 0.3) is 73.0 Å². The predicted octanol–water partition coefficient (Wildman–Crippen LogP) is 17.4. The van der Waals surface area contributed by atoms with Crippen LogP contribution in [-0.2, 0) is 0 Å². The molecule has 3 aromatic heterocycles. The Morgan fingerprint density at radius 3 is 0.596 bits per heavy atom. The molecule has 0 atom stereocenters. The summed E-state index contributed by atoms with van der Waals surface area (Å²) in [7, 11) is -12.8. The molecule has 9 nitrogen and oxygen atoms in total. The second-order valence-corrected chi connectivity index (χ2v) is 53.0. The predicted molar refractivity (Wildman–Crippen MR) is 618 cm³/mol. The Hall–Kier alpha value is -18.0. The minimum atomic E-state index is -3.19. The largest absolute Gasteiger partial charge is 0.309 e. The zero-order valence-corrected chi connectivity index (χ0v) is 83.9. The highest BCUT2D eigenvalue weighted by atomic mass is 28.3. The van der Waals surface area contributed by atoms with Crippen LogP contribution < -0.4 is 109 Å². The number of hydrogen-bond donors (Lipinski definition) is 0. The normalized spacial score (nSPS) is 12.3. The summed E-state index contributed by atoms with van der Waals surface area (Å²) < 4.78 is 2.45. The SMILES string of the molecule is c1ccc([Si](c2ccccc2)(c2ccccc2)c2cccc(-c3nc(-c4cccc([Si](c5ccccc5)(c5ccccc5)c5ccccc5)c4)nc(N4c5ccccc5B5c6ccccc6N(c6nc(-c7cccc([Si](c8ccccc8)(c8ccccc8)c8ccccc8)c7)nc(-c7cccc([Si](c8ccccc8)(c8ccccc8)c8ccccc8)c7)n6)c6cc(-n7c8ccccc8c8ccccc87)cc4c65)n3)c2)cc1. The molecule has 0 fully saturated rings. The van der Waals surface area contributed by atoms with Gasteiger partial charge in [-0.15, -0.1) is 0 Å². The summed E-state index contributed by atoms with van der Waals surface area (Å²) in [5, 5.41) is 22.0. The third-order valence-electron chi connectivity index (χ3n) is 30.1. The summed E-state index contributed by atoms with van der Waals surface area (Å²) >= 11 is 0. The van der Waals surface area contributed by atoms with Crippen LogP contribution in [0.5, 0.6) is 0 Å². The van der Waals surface area contributed by atoms with E-state index < -0.39 is 32.3 Å². The minimum Gasteiger partial charge on any atom is -0.309 e. The molecule has 0 radical (unpaired) electrons. The molecule has 14 heteroatoms. The van der Waals surface area contributed by atoms with E-state index in [0.29, 0.717) is 35.2 Å². The topological polar surface area (TPSA) is 88.8 Å². The van der Waals surface area contributed by atoms with Crippen LogP contribution >= 0.6 is 0 Å². The quantitative estimate of drug-likeness (QED) is 0.0462. The Kier molecular flexibility index (Phi) is 22.6. The fraction of sp³-hybridized carbons (Fsp3) is 0. The van der Waals surface area contributed by atoms with E-state index >= 15 is 0 Å². The smallest absolute Gasteiger partial charge is 0.252 e. The maximum atomic E-state index is 6.15. The first-order valence-electron chi connectivity index (χ1n) is 50.0. The van der Waals surface area contributed by atoms with Crippen molar-refractivity contribution in [1.82, 2.24) is 34.5 Å². The van der Waals surface area contributed by atoms with Crippen LogP contribution in [0.15, 0.2) is 570 Å². The van der Waals surface area contributed by atoms with Gasteiger partial charge in [0.25, 0.3) is 6.71 Å². The van der Waals surface area contributed by atoms with E-state index in [9.17, 15) is 0 Å². The molecule has 26 rings (SSSR count). The van der Waals surface area contributed by atoms with Gasteiger partial charge in [-0.1, -0.05) is 534 Å². The van der Waals surface area contributed by atoms with Gasteiger partial charge in [-0.3, -0.25) is 9.80 Å². The van der Waals surface area contributed by atoms with E-state index in [-0.39, 0.29) is 6.71 Å². The first-order chi connectivity index (χ1) is 72.4. The zero-order chi connectivity index (χ0) is 97.0. The summed E-state index contributed by atoms with van der Waals surface area (Å²) in [5.41, 5.74) is 13.1. The molecule has 0 amide bonds. The Bertz CT molecular complexity index is 7670. The summed E-state index contributed by atoms with van der Waals surface area (Å²) in [6.45, 7) is -0.381. The van der Waals surface area contributed by atoms with Gasteiger partial charge >= 0.3 is 0 Å². The van der Waals surface area contributed by atoms with Crippen molar-refractivity contribution < 1.29 is 0 Å². The molecule has 2 aliphatic rings. The van der Waals surface area contributed by atoms with Gasteiger partial charge in [-0.25, -0.2) is 9.97 Å². The summed E-state index contributed by atoms with van der Waals surface area (Å²) in [6.07, 6.45) is 0. The average Bonchev–Trinajstić information content (AvgIpc) is 0.999. The van der Waals surface area contributed by atoms with Crippen LogP contribution in [0, 0.1) is 0 Å². The maximum Gasteiger partial charge on any atom is 0.252 e. The van der Waals surface area contributed by atoms with Crippen LogP contribution in [0.4, 0.5) is 34.6 Å². The second-order valence-electron chi connectivity index (χ2n) is 37.8. The number of nitrogens with zero attached hydrogens (tertiary/aromatic N) is 9. The lowest BCUT2D eigenvalue weighted by Crippen LogP contribution is -2.74. The standard InChI is InChI=1S/C132H94BN9Si4/c1-13-53-100(54-14-1)143(101-55-15-2-16-56-101,102-57-17-3-18-58-102)112-77-45-49-95(89-112)127-134-128(96-50-46-78-113(90-96)144(103-59-19-4-20-60-103,104-61-21-5-22-62-104)105-63-23-6-24-64-105)137-131(136-127)141-122-87-43-39-83-118(122)133-119-84-40-44-88-123(119)142(125-94-99(93-124(141)126(125)133)140-120-85-41-37-81-116(120)117-82-38-42-86-121(117)140)132-138-129(97-51-47-79-114(91-97)145(106-65-25-7-26-66-106,107-67-27-8-28-68-107)108-69-29-9-30-70-108)135-130(139-132)98-52-48-80-115(92-98)146(109-71-31-10-32-72-109,110-73-33-11-34-74-110)111-75-35-12-36-76-111/h1-94H. The summed E-state index contributed by atoms with van der Waals surface area (Å²) in [6, 6.07) is 211. The molecule has 21 aromatic carbocycles. The maximum absolute atomic E-state index is 6.15. The van der Waals surface area contributed by atoms with Crippen molar-refractivity contribution >= 4 is 195 Å². The molecule has 0 saturated carbocycles. The van der Waals surface area contributed by atoms with E-state index in [2.05, 4.69) is 585 Å². The molecule has 146 heavy (non-hydrogen) atoms. The van der Waals surface area contributed by atoms with Crippen molar-refractivity contribution in [3.05, 3.63) is 570 Å². The molecule has 0 saturated heterocycles. The third-order valence-corrected chi connectivity index (χ3v) is 49.2. The second kappa shape index (κ2) is 37.4. The molecular weight excluding hydrogens is 1830 g/mol. The number of benzene rings is 21. The third kappa shape index (κ3) is 14.7. The fourth-order valence-electron chi connectivity index (χ4n) is 23.9. The zero-order valence-electron chi connectivity index (χ0n) is 79.9. The molecule has 24 aromatic rings. The van der Waals surface area contributed by atoms with E-state index in [1.54, 1.807) is 0 Å². The molecule has 0 bridgehead atoms. The molecule has 0 unspecified atom stereocenters. The van der Waals surface area contributed by atoms with Gasteiger partial charge in [0.1, 0.15) is 0 Å². The number of aromatic nitrogens is 7. The van der Waals surface area contributed by atoms with Crippen LogP contribution in [0.2, 0.25) is 0 Å². The van der Waals surface area contributed by atoms with Crippen LogP contribution in [0.3, 0.4) is 0 Å². The van der Waals surface area contributed by atoms with E-state index in [0.717, 1.165) is 88.9 Å². The number of hydrogen-bond acceptors (Lipinski definition) is 8. The number of fused-ring (bicyclic) bond motifs is 7. The molecule has 686 valence electrons. The Morgan fingerprint density at radius 2 is 0.363 bits per heavy atom. The Morgan fingerprint density at radius 1 is 0.164 bits per heavy atom. The number of anilines is 6. The Balaban J connectivity index is 0.760. The summed E-state index contributed by atoms with van der Waals surface area (Å²) in [5.74, 6) is 2.91. The van der Waals surface area contributed by atoms with Crippen molar-refractivity contribution in [3.63, 3.8) is 0 Å². The molecule has 2 aliphatic heterocycles. The van der Waals surface area contributed by atoms with E-state index in [1.165, 1.54) is 83.0 Å². The highest BCUT2D eigenvalue weighted by Crippen LogP contribution is 2.47. The first-order valence-corrected chi connectivity index (χ1v) is 58.0. The van der Waals surface area contributed by atoms with Gasteiger partial charge < -0.3 is 4.57 Å². The summed E-state index contributed by atoms with van der Waals surface area (Å²) in [4.78, 5) is 41.3. The fourth-order valence-corrected chi connectivity index (χ4v) is 43.1. The lowest BCUT2D eigenvalue weighted by Gasteiger charge is -2.43. The monoisotopic (exact) mass is 1930 g/mol. The lowest BCUT2D eigenvalue weighted by atomic mass is 9.33. The average molecular weight is 1930 g/mol. The lowest BCUT2D eigenvalue weighted by molar-refractivity contribution is 1.01. The van der Waals surface area contributed by atoms with E-state index in [4.69, 9.17) is 29.9 Å². The molecular formula is C132H94BN9Si4. The van der Waals surface area contributed by atoms with E-state index in [1.807, 2.05) is 0 Å². The van der Waals surface area contributed by atoms with Crippen LogP contribution in [0.1, 0.15) is 0 Å². The number of rotatable bonds is 23. The molecule has 0 spiro atoms. The molecule has 0 N–H and O–H groups in total. The number of para-hydroxylation sites is 4. The minimum absolute atomic E-state index is 0.381. The highest BCUT2D eigenvalue weighted by Gasteiger charge is 2.50. The van der Waals surface area contributed by atoms with Gasteiger partial charge in [0.2, 0.25) is 11.9 Å². The van der Waals surface area contributed by atoms with Crippen molar-refractivity contribution in [2.24, 2.45) is 0 Å². The Labute approximate surface area is 854 Å². The highest BCUT2D eigenvalue weighted by molar-refractivity contribution is 7.22. The van der Waals surface area contributed by atoms with Crippen molar-refractivity contribution in [2.75, 3.05) is 9.80 Å². The van der Waals surface area contributed by atoms with Gasteiger partial charge in [0.15, 0.2) is 55.6 Å². The van der Waals surface area contributed by atoms with Gasteiger partial charge in [0.05, 0.1) is 16.7 Å².